The Labute approximate surface area is 127 Å². The average molecular weight is 334 g/mol. The lowest BCUT2D eigenvalue weighted by molar-refractivity contribution is -0.384. The van der Waals surface area contributed by atoms with E-state index in [1.54, 1.807) is 6.92 Å². The van der Waals surface area contributed by atoms with Crippen LogP contribution in [0.5, 0.6) is 0 Å². The van der Waals surface area contributed by atoms with Crippen LogP contribution in [0.25, 0.3) is 0 Å². The first kappa shape index (κ1) is 16.2. The van der Waals surface area contributed by atoms with E-state index in [2.05, 4.69) is 4.72 Å². The number of halogens is 1. The van der Waals surface area contributed by atoms with E-state index >= 15 is 0 Å². The molecule has 0 spiro atoms. The predicted octanol–water partition coefficient (Wildman–Crippen LogP) is 1.65. The average Bonchev–Trinajstić information content (AvgIpc) is 3.22. The largest absolute Gasteiger partial charge is 0.329 e. The summed E-state index contributed by atoms with van der Waals surface area (Å²) in [5.74, 6) is 0.203. The van der Waals surface area contributed by atoms with E-state index in [-0.39, 0.29) is 28.1 Å². The zero-order chi connectivity index (χ0) is 15.8. The van der Waals surface area contributed by atoms with Gasteiger partial charge in [0, 0.05) is 24.2 Å². The third-order valence-electron chi connectivity index (χ3n) is 3.69. The van der Waals surface area contributed by atoms with Crippen LogP contribution in [0.1, 0.15) is 19.8 Å². The Morgan fingerprint density at radius 2 is 2.14 bits per heavy atom. The highest BCUT2D eigenvalue weighted by Gasteiger charge is 2.43. The van der Waals surface area contributed by atoms with Crippen LogP contribution in [0, 0.1) is 16.0 Å². The first-order chi connectivity index (χ1) is 9.69. The summed E-state index contributed by atoms with van der Waals surface area (Å²) in [6, 6.07) is 3.26. The van der Waals surface area contributed by atoms with Crippen molar-refractivity contribution in [3.05, 3.63) is 33.3 Å². The zero-order valence-electron chi connectivity index (χ0n) is 11.4. The minimum atomic E-state index is -3.89. The number of nitrogens with one attached hydrogen (secondary N) is 1. The Bertz CT molecular complexity index is 675. The van der Waals surface area contributed by atoms with E-state index in [1.807, 2.05) is 0 Å². The second-order valence-corrected chi connectivity index (χ2v) is 7.43. The van der Waals surface area contributed by atoms with Gasteiger partial charge in [-0.3, -0.25) is 10.1 Å². The van der Waals surface area contributed by atoms with Gasteiger partial charge in [0.1, 0.15) is 4.90 Å². The van der Waals surface area contributed by atoms with Gasteiger partial charge in [-0.15, -0.1) is 0 Å². The van der Waals surface area contributed by atoms with Crippen molar-refractivity contribution >= 4 is 27.3 Å². The number of nitrogens with zero attached hydrogens (tertiary/aromatic N) is 1. The zero-order valence-corrected chi connectivity index (χ0v) is 12.9. The van der Waals surface area contributed by atoms with Gasteiger partial charge < -0.3 is 5.73 Å². The quantitative estimate of drug-likeness (QED) is 0.606. The normalized spacial score (nSPS) is 18.2. The van der Waals surface area contributed by atoms with Crippen LogP contribution < -0.4 is 10.5 Å². The van der Waals surface area contributed by atoms with E-state index in [4.69, 9.17) is 17.3 Å². The molecule has 1 saturated carbocycles. The highest BCUT2D eigenvalue weighted by molar-refractivity contribution is 7.89. The lowest BCUT2D eigenvalue weighted by Crippen LogP contribution is -2.53. The molecule has 1 aromatic carbocycles. The SMILES string of the molecule is CC(CN)(NS(=O)(=O)c1ccc([N+](=O)[O-])cc1Cl)C1CC1. The Morgan fingerprint density at radius 3 is 2.57 bits per heavy atom. The predicted molar refractivity (Wildman–Crippen MR) is 78.6 cm³/mol. The third kappa shape index (κ3) is 3.34. The lowest BCUT2D eigenvalue weighted by atomic mass is 9.98. The molecule has 0 radical (unpaired) electrons. The number of nitrogens with two attached hydrogens (primary N) is 1. The van der Waals surface area contributed by atoms with Gasteiger partial charge >= 0.3 is 0 Å². The van der Waals surface area contributed by atoms with Crippen LogP contribution in [0.2, 0.25) is 5.02 Å². The molecule has 1 fully saturated rings. The number of nitro groups is 1. The molecule has 3 N–H and O–H groups in total. The number of rotatable bonds is 6. The molecule has 1 unspecified atom stereocenters. The van der Waals surface area contributed by atoms with Gasteiger partial charge in [0.2, 0.25) is 10.0 Å². The minimum Gasteiger partial charge on any atom is -0.329 e. The van der Waals surface area contributed by atoms with Gasteiger partial charge in [-0.05, 0) is 31.7 Å². The van der Waals surface area contributed by atoms with Crippen molar-refractivity contribution in [2.24, 2.45) is 11.7 Å². The van der Waals surface area contributed by atoms with Crippen LogP contribution in [-0.4, -0.2) is 25.4 Å². The van der Waals surface area contributed by atoms with Crippen LogP contribution in [0.4, 0.5) is 5.69 Å². The first-order valence-corrected chi connectivity index (χ1v) is 8.24. The van der Waals surface area contributed by atoms with E-state index in [1.165, 1.54) is 0 Å². The molecule has 0 bridgehead atoms. The van der Waals surface area contributed by atoms with E-state index < -0.39 is 20.5 Å². The number of non-ortho nitro benzene ring substituents is 1. The van der Waals surface area contributed by atoms with Gasteiger partial charge in [-0.2, -0.15) is 0 Å². The second-order valence-electron chi connectivity index (χ2n) is 5.37. The molecule has 21 heavy (non-hydrogen) atoms. The maximum absolute atomic E-state index is 12.4. The molecule has 0 aromatic heterocycles. The summed E-state index contributed by atoms with van der Waals surface area (Å²) < 4.78 is 27.4. The van der Waals surface area contributed by atoms with Crippen molar-refractivity contribution in [3.63, 3.8) is 0 Å². The highest BCUT2D eigenvalue weighted by Crippen LogP contribution is 2.40. The molecule has 1 aromatic rings. The van der Waals surface area contributed by atoms with Crippen LogP contribution in [-0.2, 0) is 10.0 Å². The van der Waals surface area contributed by atoms with Gasteiger partial charge in [0.15, 0.2) is 0 Å². The third-order valence-corrected chi connectivity index (χ3v) is 5.78. The van der Waals surface area contributed by atoms with Crippen molar-refractivity contribution < 1.29 is 13.3 Å². The molecule has 1 aliphatic carbocycles. The minimum absolute atomic E-state index is 0.168. The maximum Gasteiger partial charge on any atom is 0.271 e. The fourth-order valence-electron chi connectivity index (χ4n) is 2.20. The Hall–Kier alpha value is -1.22. The van der Waals surface area contributed by atoms with Crippen molar-refractivity contribution in [1.29, 1.82) is 0 Å². The van der Waals surface area contributed by atoms with Gasteiger partial charge in [-0.25, -0.2) is 13.1 Å². The van der Waals surface area contributed by atoms with Crippen LogP contribution in [0.15, 0.2) is 23.1 Å². The highest BCUT2D eigenvalue weighted by atomic mass is 35.5. The number of nitro benzene ring substituents is 1. The number of hydrogen-bond acceptors (Lipinski definition) is 5. The molecule has 0 saturated heterocycles. The molecule has 7 nitrogen and oxygen atoms in total. The first-order valence-electron chi connectivity index (χ1n) is 6.37. The molecule has 116 valence electrons. The van der Waals surface area contributed by atoms with Gasteiger partial charge in [-0.1, -0.05) is 11.6 Å². The lowest BCUT2D eigenvalue weighted by Gasteiger charge is -2.29. The van der Waals surface area contributed by atoms with E-state index in [9.17, 15) is 18.5 Å². The smallest absolute Gasteiger partial charge is 0.271 e. The van der Waals surface area contributed by atoms with E-state index in [0.29, 0.717) is 0 Å². The summed E-state index contributed by atoms with van der Waals surface area (Å²) in [5, 5.41) is 10.5. The summed E-state index contributed by atoms with van der Waals surface area (Å²) in [5.41, 5.74) is 4.69. The Morgan fingerprint density at radius 1 is 1.52 bits per heavy atom. The number of benzene rings is 1. The summed E-state index contributed by atoms with van der Waals surface area (Å²) in [7, 11) is -3.89. The van der Waals surface area contributed by atoms with Crippen molar-refractivity contribution in [2.45, 2.75) is 30.2 Å². The van der Waals surface area contributed by atoms with Crippen molar-refractivity contribution in [2.75, 3.05) is 6.54 Å². The molecule has 0 heterocycles. The summed E-state index contributed by atoms with van der Waals surface area (Å²) in [6.07, 6.45) is 1.84. The topological polar surface area (TPSA) is 115 Å². The molecule has 1 aliphatic rings. The van der Waals surface area contributed by atoms with Crippen LogP contribution in [0.3, 0.4) is 0 Å². The number of sulfonamides is 1. The van der Waals surface area contributed by atoms with Gasteiger partial charge in [0.05, 0.1) is 9.95 Å². The van der Waals surface area contributed by atoms with Crippen LogP contribution >= 0.6 is 11.6 Å². The number of hydrogen-bond donors (Lipinski definition) is 2. The summed E-state index contributed by atoms with van der Waals surface area (Å²) in [6.45, 7) is 1.92. The van der Waals surface area contributed by atoms with Crippen molar-refractivity contribution in [3.8, 4) is 0 Å². The molecule has 9 heteroatoms. The fourth-order valence-corrected chi connectivity index (χ4v) is 4.21. The fraction of sp³-hybridized carbons (Fsp3) is 0.500. The monoisotopic (exact) mass is 333 g/mol. The van der Waals surface area contributed by atoms with E-state index in [0.717, 1.165) is 31.0 Å². The second kappa shape index (κ2) is 5.53. The molecule has 1 atom stereocenters. The Balaban J connectivity index is 2.33. The summed E-state index contributed by atoms with van der Waals surface area (Å²) >= 11 is 5.87. The maximum atomic E-state index is 12.4. The molecular formula is C12H16ClN3O4S. The standard InChI is InChI=1S/C12H16ClN3O4S/c1-12(7-14,8-2-3-8)15-21(19,20)11-5-4-9(16(17)18)6-10(11)13/h4-6,8,15H,2-3,7,14H2,1H3. The molecule has 0 amide bonds. The summed E-state index contributed by atoms with van der Waals surface area (Å²) in [4.78, 5) is 9.83. The molecule has 0 aliphatic heterocycles. The molecular weight excluding hydrogens is 318 g/mol. The van der Waals surface area contributed by atoms with Gasteiger partial charge in [0.25, 0.3) is 5.69 Å². The Kier molecular flexibility index (Phi) is 4.25. The van der Waals surface area contributed by atoms with Crippen molar-refractivity contribution in [1.82, 2.24) is 4.72 Å². The molecule has 2 rings (SSSR count).